The number of nitrogens with zero attached hydrogens (tertiary/aromatic N) is 5. The lowest BCUT2D eigenvalue weighted by Gasteiger charge is -2.19. The van der Waals surface area contributed by atoms with Gasteiger partial charge in [0.05, 0.1) is 12.7 Å². The smallest absolute Gasteiger partial charge is 0.285 e. The fraction of sp³-hybridized carbons (Fsp3) is 0.294. The van der Waals surface area contributed by atoms with Crippen LogP contribution < -0.4 is 5.73 Å². The van der Waals surface area contributed by atoms with Crippen LogP contribution >= 0.6 is 0 Å². The van der Waals surface area contributed by atoms with E-state index in [-0.39, 0.29) is 24.4 Å². The molecule has 1 atom stereocenters. The van der Waals surface area contributed by atoms with Gasteiger partial charge in [-0.1, -0.05) is 0 Å². The van der Waals surface area contributed by atoms with Crippen molar-refractivity contribution in [2.75, 3.05) is 13.1 Å². The quantitative estimate of drug-likeness (QED) is 0.565. The van der Waals surface area contributed by atoms with Crippen LogP contribution in [0, 0.1) is 5.82 Å². The molecule has 166 valence electrons. The molecule has 10 nitrogen and oxygen atoms in total. The zero-order valence-corrected chi connectivity index (χ0v) is 16.6. The molecule has 3 rings (SSSR count). The number of nitrogens with two attached hydrogens (primary N) is 1. The molecule has 1 amide bonds. The van der Waals surface area contributed by atoms with Crippen LogP contribution in [0.4, 0.5) is 13.2 Å². The maximum atomic E-state index is 13.8. The Kier molecular flexibility index (Phi) is 6.40. The van der Waals surface area contributed by atoms with Crippen LogP contribution in [0.15, 0.2) is 51.3 Å². The van der Waals surface area contributed by atoms with E-state index in [1.54, 1.807) is 0 Å². The predicted octanol–water partition coefficient (Wildman–Crippen LogP) is 0.230. The lowest BCUT2D eigenvalue weighted by atomic mass is 10.2. The van der Waals surface area contributed by atoms with E-state index < -0.39 is 51.4 Å². The minimum atomic E-state index is -4.25. The molecule has 3 heterocycles. The fourth-order valence-electron chi connectivity index (χ4n) is 2.75. The number of pyridine rings is 1. The Morgan fingerprint density at radius 1 is 1.39 bits per heavy atom. The van der Waals surface area contributed by atoms with E-state index in [1.165, 1.54) is 12.3 Å². The Balaban J connectivity index is 1.69. The summed E-state index contributed by atoms with van der Waals surface area (Å²) in [6.45, 7) is -1.09. The molecule has 2 aromatic heterocycles. The van der Waals surface area contributed by atoms with E-state index in [0.717, 1.165) is 34.3 Å². The van der Waals surface area contributed by atoms with Crippen LogP contribution in [0.1, 0.15) is 11.8 Å². The van der Waals surface area contributed by atoms with Gasteiger partial charge in [0.1, 0.15) is 23.0 Å². The van der Waals surface area contributed by atoms with E-state index in [0.29, 0.717) is 0 Å². The average molecular weight is 458 g/mol. The van der Waals surface area contributed by atoms with Gasteiger partial charge in [0.15, 0.2) is 6.10 Å². The second-order valence-electron chi connectivity index (χ2n) is 6.52. The molecule has 0 radical (unpaired) electrons. The van der Waals surface area contributed by atoms with Crippen molar-refractivity contribution in [2.45, 2.75) is 24.0 Å². The summed E-state index contributed by atoms with van der Waals surface area (Å²) in [6.07, 6.45) is -0.627. The Hall–Kier alpha value is -3.26. The number of hydrogen-bond donors (Lipinski definition) is 2. The maximum Gasteiger partial charge on any atom is 0.285 e. The van der Waals surface area contributed by atoms with Crippen molar-refractivity contribution in [3.8, 4) is 0 Å². The number of sulfonamides is 1. The van der Waals surface area contributed by atoms with Crippen LogP contribution in [-0.2, 0) is 21.4 Å². The van der Waals surface area contributed by atoms with Crippen molar-refractivity contribution in [3.05, 3.63) is 53.5 Å². The predicted molar refractivity (Wildman–Crippen MR) is 101 cm³/mol. The molecule has 1 unspecified atom stereocenters. The molecule has 0 saturated carbocycles. The highest BCUT2D eigenvalue weighted by Gasteiger charge is 2.31. The number of alkyl halides is 2. The van der Waals surface area contributed by atoms with Crippen LogP contribution in [0.5, 0.6) is 0 Å². The lowest BCUT2D eigenvalue weighted by molar-refractivity contribution is -0.139. The van der Waals surface area contributed by atoms with Gasteiger partial charge in [-0.25, -0.2) is 13.2 Å². The molecule has 0 saturated heterocycles. The van der Waals surface area contributed by atoms with E-state index in [4.69, 9.17) is 5.73 Å². The number of rotatable bonds is 7. The number of aliphatic hydroxyl groups excluding tert-OH is 1. The van der Waals surface area contributed by atoms with Crippen LogP contribution in [0.3, 0.4) is 0 Å². The van der Waals surface area contributed by atoms with Crippen molar-refractivity contribution in [3.63, 3.8) is 0 Å². The van der Waals surface area contributed by atoms with Crippen LogP contribution in [0.25, 0.3) is 0 Å². The Morgan fingerprint density at radius 2 is 2.13 bits per heavy atom. The number of carbonyl (C=O) groups is 1. The van der Waals surface area contributed by atoms with Gasteiger partial charge in [-0.15, -0.1) is 0 Å². The third-order valence-electron chi connectivity index (χ3n) is 4.31. The summed E-state index contributed by atoms with van der Waals surface area (Å²) in [5.74, 6) is -1.73. The van der Waals surface area contributed by atoms with E-state index in [2.05, 4.69) is 14.5 Å². The van der Waals surface area contributed by atoms with Crippen molar-refractivity contribution in [2.24, 2.45) is 10.1 Å². The zero-order chi connectivity index (χ0) is 22.8. The largest absolute Gasteiger partial charge is 0.400 e. The molecule has 31 heavy (non-hydrogen) atoms. The monoisotopic (exact) mass is 458 g/mol. The normalized spacial score (nSPS) is 16.0. The van der Waals surface area contributed by atoms with Gasteiger partial charge in [-0.05, 0) is 12.1 Å². The van der Waals surface area contributed by atoms with Gasteiger partial charge >= 0.3 is 0 Å². The first-order chi connectivity index (χ1) is 14.6. The topological polar surface area (TPSA) is 144 Å². The summed E-state index contributed by atoms with van der Waals surface area (Å²) in [5, 5.41) is 13.7. The summed E-state index contributed by atoms with van der Waals surface area (Å²) in [7, 11) is -4.25. The second-order valence-corrected chi connectivity index (χ2v) is 8.15. The number of aromatic nitrogens is 3. The third-order valence-corrected chi connectivity index (χ3v) is 5.50. The molecule has 1 aliphatic rings. The highest BCUT2D eigenvalue weighted by atomic mass is 32.2. The van der Waals surface area contributed by atoms with Gasteiger partial charge in [0.25, 0.3) is 22.4 Å². The van der Waals surface area contributed by atoms with Crippen molar-refractivity contribution < 1.29 is 31.5 Å². The summed E-state index contributed by atoms with van der Waals surface area (Å²) < 4.78 is 67.3. The highest BCUT2D eigenvalue weighted by Crippen LogP contribution is 2.21. The van der Waals surface area contributed by atoms with Crippen LogP contribution in [0.2, 0.25) is 0 Å². The number of aliphatic hydroxyl groups is 1. The first-order valence-corrected chi connectivity index (χ1v) is 10.2. The molecule has 0 spiro atoms. The molecule has 0 aliphatic carbocycles. The summed E-state index contributed by atoms with van der Waals surface area (Å²) in [5.41, 5.74) is 5.69. The Labute approximate surface area is 174 Å². The minimum Gasteiger partial charge on any atom is -0.400 e. The molecule has 3 N–H and O–H groups in total. The SMILES string of the molecule is NC1=C(/C=N/S(=O)(=O)c2cnn(CC(F)F)c2)CN(C(=O)C(O)c2ncccc2F)C1. The van der Waals surface area contributed by atoms with Gasteiger partial charge < -0.3 is 15.7 Å². The summed E-state index contributed by atoms with van der Waals surface area (Å²) in [4.78, 5) is 16.8. The summed E-state index contributed by atoms with van der Waals surface area (Å²) in [6, 6.07) is 2.35. The molecule has 14 heteroatoms. The third kappa shape index (κ3) is 5.08. The minimum absolute atomic E-state index is 0.120. The second kappa shape index (κ2) is 8.85. The molecule has 0 bridgehead atoms. The van der Waals surface area contributed by atoms with E-state index in [1.807, 2.05) is 0 Å². The number of hydrogen-bond acceptors (Lipinski definition) is 7. The Morgan fingerprint density at radius 3 is 2.81 bits per heavy atom. The first-order valence-electron chi connectivity index (χ1n) is 8.74. The molecule has 2 aromatic rings. The van der Waals surface area contributed by atoms with Gasteiger partial charge in [-0.2, -0.15) is 17.9 Å². The van der Waals surface area contributed by atoms with E-state index in [9.17, 15) is 31.5 Å². The standard InChI is InChI=1S/C17H17F3N6O4S/c18-12-2-1-3-22-15(12)16(27)17(28)25-6-10(13(21)8-25)4-24-31(29,30)11-5-23-26(7-11)9-14(19)20/h1-5,7,14,16,27H,6,8-9,21H2/b24-4+. The number of halogens is 3. The van der Waals surface area contributed by atoms with Gasteiger partial charge in [-0.3, -0.25) is 14.5 Å². The van der Waals surface area contributed by atoms with Crippen molar-refractivity contribution in [1.29, 1.82) is 0 Å². The molecule has 1 aliphatic heterocycles. The molecular formula is C17H17F3N6O4S. The lowest BCUT2D eigenvalue weighted by Crippen LogP contribution is -2.35. The zero-order valence-electron chi connectivity index (χ0n) is 15.8. The first kappa shape index (κ1) is 22.4. The molecule has 0 aromatic carbocycles. The van der Waals surface area contributed by atoms with Crippen molar-refractivity contribution in [1.82, 2.24) is 19.7 Å². The average Bonchev–Trinajstić information content (AvgIpc) is 3.32. The van der Waals surface area contributed by atoms with Gasteiger partial charge in [0, 0.05) is 36.4 Å². The van der Waals surface area contributed by atoms with Crippen molar-refractivity contribution >= 4 is 22.1 Å². The highest BCUT2D eigenvalue weighted by molar-refractivity contribution is 7.90. The summed E-state index contributed by atoms with van der Waals surface area (Å²) >= 11 is 0. The van der Waals surface area contributed by atoms with Crippen LogP contribution in [-0.4, -0.2) is 64.8 Å². The van der Waals surface area contributed by atoms with E-state index >= 15 is 0 Å². The maximum absolute atomic E-state index is 13.8. The van der Waals surface area contributed by atoms with Gasteiger partial charge in [0.2, 0.25) is 0 Å². The molecule has 0 fully saturated rings. The number of carbonyl (C=O) groups excluding carboxylic acids is 1. The number of amides is 1. The Bertz CT molecular complexity index is 1150. The molecular weight excluding hydrogens is 441 g/mol. The fourth-order valence-corrected chi connectivity index (χ4v) is 3.57.